The van der Waals surface area contributed by atoms with Crippen molar-refractivity contribution < 1.29 is 9.59 Å². The Morgan fingerprint density at radius 3 is 2.79 bits per heavy atom. The van der Waals surface area contributed by atoms with Crippen LogP contribution in [0.5, 0.6) is 0 Å². The highest BCUT2D eigenvalue weighted by Gasteiger charge is 2.30. The third kappa shape index (κ3) is 3.96. The Morgan fingerprint density at radius 1 is 1.18 bits per heavy atom. The number of nitrogens with one attached hydrogen (secondary N) is 2. The molecule has 2 amide bonds. The molecule has 9 nitrogen and oxygen atoms in total. The van der Waals surface area contributed by atoms with E-state index in [1.807, 2.05) is 24.3 Å². The number of hydrogen-bond donors (Lipinski definition) is 2. The molecule has 1 aliphatic rings. The lowest BCUT2D eigenvalue weighted by Crippen LogP contribution is -2.43. The number of fused-ring (bicyclic) bond motifs is 2. The largest absolute Gasteiger partial charge is 0.350 e. The van der Waals surface area contributed by atoms with Gasteiger partial charge < -0.3 is 15.2 Å². The first-order valence-electron chi connectivity index (χ1n) is 11.1. The fourth-order valence-electron chi connectivity index (χ4n) is 4.57. The molecule has 34 heavy (non-hydrogen) atoms. The Morgan fingerprint density at radius 2 is 2.00 bits per heavy atom. The minimum atomic E-state index is -0.383. The Labute approximate surface area is 195 Å². The number of aromatic amines is 1. The van der Waals surface area contributed by atoms with E-state index in [4.69, 9.17) is 0 Å². The van der Waals surface area contributed by atoms with Gasteiger partial charge in [0.15, 0.2) is 11.3 Å². The van der Waals surface area contributed by atoms with Crippen LogP contribution in [0.3, 0.4) is 0 Å². The number of H-pyrrole nitrogens is 1. The first kappa shape index (κ1) is 21.6. The number of pyridine rings is 1. The lowest BCUT2D eigenvalue weighted by atomic mass is 9.89. The van der Waals surface area contributed by atoms with Gasteiger partial charge in [-0.15, -0.1) is 0 Å². The van der Waals surface area contributed by atoms with Gasteiger partial charge in [0.05, 0.1) is 0 Å². The first-order valence-corrected chi connectivity index (χ1v) is 11.1. The molecule has 2 N–H and O–H groups in total. The number of carbonyl (C=O) groups is 2. The molecular weight excluding hydrogens is 432 g/mol. The third-order valence-electron chi connectivity index (χ3n) is 6.14. The second-order valence-electron chi connectivity index (χ2n) is 8.58. The molecule has 0 bridgehead atoms. The third-order valence-corrected chi connectivity index (χ3v) is 6.14. The Kier molecular flexibility index (Phi) is 5.45. The van der Waals surface area contributed by atoms with Gasteiger partial charge >= 0.3 is 0 Å². The quantitative estimate of drug-likeness (QED) is 0.489. The van der Waals surface area contributed by atoms with E-state index in [1.165, 1.54) is 0 Å². The minimum Gasteiger partial charge on any atom is -0.350 e. The molecule has 1 atom stereocenters. The van der Waals surface area contributed by atoms with Crippen molar-refractivity contribution in [2.75, 3.05) is 13.1 Å². The van der Waals surface area contributed by atoms with Crippen LogP contribution in [0.25, 0.3) is 5.65 Å². The van der Waals surface area contributed by atoms with Gasteiger partial charge in [0, 0.05) is 49.7 Å². The number of carbonyl (C=O) groups excluding carboxylic acids is 2. The van der Waals surface area contributed by atoms with Gasteiger partial charge in [0.2, 0.25) is 0 Å². The van der Waals surface area contributed by atoms with Crippen LogP contribution in [-0.2, 0) is 6.54 Å². The zero-order valence-electron chi connectivity index (χ0n) is 18.9. The second-order valence-corrected chi connectivity index (χ2v) is 8.58. The average molecular weight is 457 g/mol. The summed E-state index contributed by atoms with van der Waals surface area (Å²) in [5, 5.41) is 7.22. The highest BCUT2D eigenvalue weighted by atomic mass is 16.2. The number of hydrogen-bond acceptors (Lipinski definition) is 5. The predicted octanol–water partition coefficient (Wildman–Crippen LogP) is 2.20. The molecule has 1 aliphatic heterocycles. The van der Waals surface area contributed by atoms with Crippen LogP contribution in [0.2, 0.25) is 0 Å². The number of benzene rings is 1. The van der Waals surface area contributed by atoms with Crippen LogP contribution in [0.1, 0.15) is 49.1 Å². The van der Waals surface area contributed by atoms with Crippen molar-refractivity contribution in [2.24, 2.45) is 0 Å². The smallest absolute Gasteiger partial charge is 0.271 e. The molecular formula is C25H24N6O3. The normalized spacial score (nSPS) is 15.2. The molecule has 0 fully saturated rings. The van der Waals surface area contributed by atoms with Crippen LogP contribution < -0.4 is 10.9 Å². The van der Waals surface area contributed by atoms with E-state index in [0.717, 1.165) is 11.1 Å². The maximum absolute atomic E-state index is 13.4. The van der Waals surface area contributed by atoms with Crippen LogP contribution in [-0.4, -0.2) is 49.4 Å². The van der Waals surface area contributed by atoms with Crippen molar-refractivity contribution in [1.82, 2.24) is 29.8 Å². The summed E-state index contributed by atoms with van der Waals surface area (Å²) in [6.07, 6.45) is 3.37. The number of rotatable bonds is 4. The zero-order chi connectivity index (χ0) is 23.8. The zero-order valence-corrected chi connectivity index (χ0v) is 18.9. The lowest BCUT2D eigenvalue weighted by Gasteiger charge is -2.35. The molecule has 5 rings (SSSR count). The molecule has 0 aliphatic carbocycles. The number of nitrogens with zero attached hydrogens (tertiary/aromatic N) is 4. The summed E-state index contributed by atoms with van der Waals surface area (Å²) in [5.41, 5.74) is 4.08. The van der Waals surface area contributed by atoms with Gasteiger partial charge in [0.25, 0.3) is 17.4 Å². The molecule has 172 valence electrons. The summed E-state index contributed by atoms with van der Waals surface area (Å²) in [7, 11) is 0. The molecule has 4 heterocycles. The Hall–Kier alpha value is -4.27. The van der Waals surface area contributed by atoms with Crippen LogP contribution in [0.15, 0.2) is 59.7 Å². The fraction of sp³-hybridized carbons (Fsp3) is 0.240. The van der Waals surface area contributed by atoms with Crippen molar-refractivity contribution >= 4 is 17.5 Å². The Bertz CT molecular complexity index is 1440. The molecule has 1 aromatic carbocycles. The molecule has 1 unspecified atom stereocenters. The van der Waals surface area contributed by atoms with E-state index in [9.17, 15) is 14.4 Å². The van der Waals surface area contributed by atoms with Gasteiger partial charge in [-0.2, -0.15) is 5.10 Å². The topological polar surface area (TPSA) is 112 Å². The van der Waals surface area contributed by atoms with E-state index in [0.29, 0.717) is 36.5 Å². The van der Waals surface area contributed by atoms with E-state index >= 15 is 0 Å². The SMILES string of the molecule is Cc1cc(C)c(C(=O)N2Cc3ccccc3C(CNC(=O)c3cc4ncccn4n3)C2)c(=O)[nH]1. The molecule has 0 radical (unpaired) electrons. The second kappa shape index (κ2) is 8.58. The first-order chi connectivity index (χ1) is 16.4. The highest BCUT2D eigenvalue weighted by Crippen LogP contribution is 2.29. The van der Waals surface area contributed by atoms with Crippen molar-refractivity contribution in [3.63, 3.8) is 0 Å². The van der Waals surface area contributed by atoms with Crippen molar-refractivity contribution in [2.45, 2.75) is 26.3 Å². The van der Waals surface area contributed by atoms with Gasteiger partial charge in [-0.3, -0.25) is 14.4 Å². The highest BCUT2D eigenvalue weighted by molar-refractivity contribution is 5.95. The van der Waals surface area contributed by atoms with Gasteiger partial charge in [0.1, 0.15) is 5.56 Å². The van der Waals surface area contributed by atoms with Crippen molar-refractivity contribution in [1.29, 1.82) is 0 Å². The average Bonchev–Trinajstić information content (AvgIpc) is 3.26. The van der Waals surface area contributed by atoms with E-state index in [-0.39, 0.29) is 34.5 Å². The molecule has 0 spiro atoms. The predicted molar refractivity (Wildman–Crippen MR) is 126 cm³/mol. The summed E-state index contributed by atoms with van der Waals surface area (Å²) in [6, 6.07) is 13.0. The molecule has 4 aromatic rings. The molecule has 3 aromatic heterocycles. The van der Waals surface area contributed by atoms with Crippen molar-refractivity contribution in [3.8, 4) is 0 Å². The minimum absolute atomic E-state index is 0.127. The summed E-state index contributed by atoms with van der Waals surface area (Å²) in [5.74, 6) is -0.744. The lowest BCUT2D eigenvalue weighted by molar-refractivity contribution is 0.0713. The summed E-state index contributed by atoms with van der Waals surface area (Å²) in [6.45, 7) is 4.68. The number of aromatic nitrogens is 4. The van der Waals surface area contributed by atoms with Crippen LogP contribution >= 0.6 is 0 Å². The maximum Gasteiger partial charge on any atom is 0.271 e. The van der Waals surface area contributed by atoms with E-state index < -0.39 is 0 Å². The fourth-order valence-corrected chi connectivity index (χ4v) is 4.57. The standard InChI is InChI=1S/C25H24N6O3/c1-15-10-16(2)28-24(33)22(15)25(34)30-13-17-6-3-4-7-19(17)18(14-30)12-27-23(32)20-11-21-26-8-5-9-31(21)29-20/h3-11,18H,12-14H2,1-2H3,(H,27,32)(H,28,33). The summed E-state index contributed by atoms with van der Waals surface area (Å²) < 4.78 is 1.55. The van der Waals surface area contributed by atoms with Crippen LogP contribution in [0, 0.1) is 13.8 Å². The molecule has 0 saturated carbocycles. The number of aryl methyl sites for hydroxylation is 2. The monoisotopic (exact) mass is 456 g/mol. The van der Waals surface area contributed by atoms with Gasteiger partial charge in [-0.25, -0.2) is 9.50 Å². The summed E-state index contributed by atoms with van der Waals surface area (Å²) >= 11 is 0. The molecule has 9 heteroatoms. The number of amides is 2. The van der Waals surface area contributed by atoms with Crippen molar-refractivity contribution in [3.05, 3.63) is 98.9 Å². The molecule has 0 saturated heterocycles. The maximum atomic E-state index is 13.4. The van der Waals surface area contributed by atoms with E-state index in [2.05, 4.69) is 20.4 Å². The Balaban J connectivity index is 1.38. The van der Waals surface area contributed by atoms with E-state index in [1.54, 1.807) is 53.9 Å². The van der Waals surface area contributed by atoms with Gasteiger partial charge in [-0.1, -0.05) is 24.3 Å². The summed E-state index contributed by atoms with van der Waals surface area (Å²) in [4.78, 5) is 47.3. The van der Waals surface area contributed by atoms with Crippen LogP contribution in [0.4, 0.5) is 0 Å². The van der Waals surface area contributed by atoms with Gasteiger partial charge in [-0.05, 0) is 42.7 Å².